The maximum absolute atomic E-state index is 12.9. The van der Waals surface area contributed by atoms with Crippen molar-refractivity contribution >= 4 is 72.6 Å². The molecule has 3 aromatic carbocycles. The second kappa shape index (κ2) is 10.8. The molecule has 5 rings (SSSR count). The van der Waals surface area contributed by atoms with Crippen molar-refractivity contribution in [1.29, 1.82) is 5.41 Å². The van der Waals surface area contributed by atoms with Gasteiger partial charge in [0.05, 0.1) is 5.57 Å². The lowest BCUT2D eigenvalue weighted by atomic mass is 10.1. The van der Waals surface area contributed by atoms with Gasteiger partial charge in [0, 0.05) is 16.3 Å². The summed E-state index contributed by atoms with van der Waals surface area (Å²) in [6.45, 7) is 1.85. The van der Waals surface area contributed by atoms with Gasteiger partial charge in [-0.2, -0.15) is 18.4 Å². The Labute approximate surface area is 233 Å². The van der Waals surface area contributed by atoms with Crippen LogP contribution in [0.2, 0.25) is 5.02 Å². The van der Waals surface area contributed by atoms with E-state index in [1.807, 2.05) is 37.3 Å². The van der Waals surface area contributed by atoms with Gasteiger partial charge in [-0.15, -0.1) is 5.10 Å². The van der Waals surface area contributed by atoms with E-state index in [0.29, 0.717) is 15.2 Å². The van der Waals surface area contributed by atoms with E-state index in [1.165, 1.54) is 64.9 Å². The fraction of sp³-hybridized carbons (Fsp3) is 0.0769. The normalized spacial score (nSPS) is 16.4. The van der Waals surface area contributed by atoms with Crippen molar-refractivity contribution in [2.45, 2.75) is 17.6 Å². The van der Waals surface area contributed by atoms with E-state index in [0.717, 1.165) is 11.1 Å². The Balaban J connectivity index is 1.41. The van der Waals surface area contributed by atoms with Crippen LogP contribution in [0.4, 0.5) is 0 Å². The number of hydrogen-bond acceptors (Lipinski definition) is 8. The van der Waals surface area contributed by atoms with Crippen LogP contribution < -0.4 is 4.18 Å². The zero-order valence-corrected chi connectivity index (χ0v) is 23.0. The number of aryl methyl sites for hydroxylation is 1. The maximum Gasteiger partial charge on any atom is 0.339 e. The molecule has 0 aliphatic carbocycles. The molecule has 8 nitrogen and oxygen atoms in total. The van der Waals surface area contributed by atoms with Crippen LogP contribution in [0.15, 0.2) is 93.4 Å². The maximum atomic E-state index is 12.9. The van der Waals surface area contributed by atoms with Gasteiger partial charge in [0.25, 0.3) is 5.91 Å². The monoisotopic (exact) mass is 582 g/mol. The van der Waals surface area contributed by atoms with E-state index < -0.39 is 16.0 Å². The Bertz CT molecular complexity index is 1640. The number of benzene rings is 3. The summed E-state index contributed by atoms with van der Waals surface area (Å²) in [5, 5.41) is 15.0. The largest absolute Gasteiger partial charge is 0.378 e. The topological polar surface area (TPSA) is 112 Å². The minimum absolute atomic E-state index is 0.0173. The molecule has 3 aromatic rings. The van der Waals surface area contributed by atoms with E-state index in [4.69, 9.17) is 21.2 Å². The molecule has 0 aromatic heterocycles. The summed E-state index contributed by atoms with van der Waals surface area (Å²) in [6.07, 6.45) is 1.34. The minimum Gasteiger partial charge on any atom is -0.378 e. The number of carbonyl (C=O) groups is 1. The van der Waals surface area contributed by atoms with Crippen LogP contribution in [-0.4, -0.2) is 34.7 Å². The van der Waals surface area contributed by atoms with Gasteiger partial charge in [-0.3, -0.25) is 10.2 Å². The Morgan fingerprint density at radius 1 is 1.11 bits per heavy atom. The van der Waals surface area contributed by atoms with Gasteiger partial charge >= 0.3 is 10.1 Å². The number of carbonyl (C=O) groups excluding carboxylic acids is 1. The molecular formula is C26H19ClN4O4S3. The Kier molecular flexibility index (Phi) is 7.44. The first-order valence-electron chi connectivity index (χ1n) is 11.2. The van der Waals surface area contributed by atoms with Gasteiger partial charge < -0.3 is 4.18 Å². The summed E-state index contributed by atoms with van der Waals surface area (Å²) in [6, 6.07) is 20.4. The molecule has 0 fully saturated rings. The van der Waals surface area contributed by atoms with Gasteiger partial charge in [-0.05, 0) is 60.7 Å². The number of nitrogens with zero attached hydrogens (tertiary/aromatic N) is 3. The zero-order chi connectivity index (χ0) is 26.9. The predicted octanol–water partition coefficient (Wildman–Crippen LogP) is 5.93. The minimum atomic E-state index is -4.16. The molecule has 0 atom stereocenters. The Morgan fingerprint density at radius 2 is 1.84 bits per heavy atom. The fourth-order valence-corrected chi connectivity index (χ4v) is 6.51. The van der Waals surface area contributed by atoms with Crippen molar-refractivity contribution in [3.05, 3.63) is 100 Å². The van der Waals surface area contributed by atoms with Crippen LogP contribution in [0.3, 0.4) is 0 Å². The second-order valence-electron chi connectivity index (χ2n) is 8.19. The Morgan fingerprint density at radius 3 is 2.58 bits per heavy atom. The first-order valence-corrected chi connectivity index (χ1v) is 14.8. The third-order valence-electron chi connectivity index (χ3n) is 5.42. The zero-order valence-electron chi connectivity index (χ0n) is 19.8. The number of fused-ring (bicyclic) bond motifs is 1. The van der Waals surface area contributed by atoms with Crippen LogP contribution in [-0.2, 0) is 20.7 Å². The van der Waals surface area contributed by atoms with E-state index >= 15 is 0 Å². The highest BCUT2D eigenvalue weighted by atomic mass is 35.5. The number of rotatable bonds is 6. The summed E-state index contributed by atoms with van der Waals surface area (Å²) < 4.78 is 31.8. The molecule has 0 spiro atoms. The highest BCUT2D eigenvalue weighted by Gasteiger charge is 2.36. The third-order valence-corrected chi connectivity index (χ3v) is 9.02. The SMILES string of the molecule is Cc1ccc(S(=O)(=O)Oc2ccc(Cl)cc2/C=C2\C(=N)N3N=C(SCc4ccccc4)SC3=NC2=O)cc1. The van der Waals surface area contributed by atoms with Crippen LogP contribution in [0, 0.1) is 12.3 Å². The summed E-state index contributed by atoms with van der Waals surface area (Å²) >= 11 is 8.86. The van der Waals surface area contributed by atoms with Crippen molar-refractivity contribution in [1.82, 2.24) is 5.01 Å². The van der Waals surface area contributed by atoms with Crippen LogP contribution in [0.5, 0.6) is 5.75 Å². The molecular weight excluding hydrogens is 564 g/mol. The van der Waals surface area contributed by atoms with Crippen molar-refractivity contribution in [2.75, 3.05) is 0 Å². The van der Waals surface area contributed by atoms with Gasteiger partial charge in [0.15, 0.2) is 10.2 Å². The number of nitrogens with one attached hydrogen (secondary N) is 1. The average Bonchev–Trinajstić information content (AvgIpc) is 3.30. The molecule has 1 N–H and O–H groups in total. The van der Waals surface area contributed by atoms with Gasteiger partial charge in [-0.1, -0.05) is 71.4 Å². The molecule has 12 heteroatoms. The number of aliphatic imine (C=N–C) groups is 1. The lowest BCUT2D eigenvalue weighted by molar-refractivity contribution is -0.114. The summed E-state index contributed by atoms with van der Waals surface area (Å²) in [5.74, 6) is -0.201. The van der Waals surface area contributed by atoms with Crippen molar-refractivity contribution in [3.63, 3.8) is 0 Å². The molecule has 0 saturated heterocycles. The standard InChI is InChI=1S/C26H19ClN4O4S3/c1-16-7-10-20(11-8-16)38(33,34)35-22-12-9-19(27)13-18(22)14-21-23(28)31-25(29-24(21)32)37-26(30-31)36-15-17-5-3-2-4-6-17/h2-14,28H,15H2,1H3/b21-14+,28-23?. The summed E-state index contributed by atoms with van der Waals surface area (Å²) in [7, 11) is -4.16. The molecule has 1 amide bonds. The molecule has 38 heavy (non-hydrogen) atoms. The smallest absolute Gasteiger partial charge is 0.339 e. The van der Waals surface area contributed by atoms with E-state index in [2.05, 4.69) is 10.1 Å². The van der Waals surface area contributed by atoms with Crippen molar-refractivity contribution in [3.8, 4) is 5.75 Å². The van der Waals surface area contributed by atoms with E-state index in [-0.39, 0.29) is 32.8 Å². The molecule has 2 aliphatic heterocycles. The van der Waals surface area contributed by atoms with Gasteiger partial charge in [-0.25, -0.2) is 0 Å². The lowest BCUT2D eigenvalue weighted by Crippen LogP contribution is -2.35. The summed E-state index contributed by atoms with van der Waals surface area (Å²) in [5.41, 5.74) is 2.15. The van der Waals surface area contributed by atoms with Crippen LogP contribution >= 0.6 is 35.1 Å². The van der Waals surface area contributed by atoms with E-state index in [9.17, 15) is 13.2 Å². The van der Waals surface area contributed by atoms with E-state index in [1.54, 1.807) is 12.1 Å². The number of hydrazone groups is 1. The molecule has 0 bridgehead atoms. The molecule has 0 radical (unpaired) electrons. The first kappa shape index (κ1) is 26.2. The van der Waals surface area contributed by atoms with Gasteiger partial charge in [0.2, 0.25) is 5.17 Å². The molecule has 0 saturated carbocycles. The molecule has 2 aliphatic rings. The predicted molar refractivity (Wildman–Crippen MR) is 153 cm³/mol. The highest BCUT2D eigenvalue weighted by molar-refractivity contribution is 8.45. The van der Waals surface area contributed by atoms with Crippen molar-refractivity contribution < 1.29 is 17.4 Å². The number of thioether (sulfide) groups is 2. The van der Waals surface area contributed by atoms with Crippen molar-refractivity contribution in [2.24, 2.45) is 10.1 Å². The first-order chi connectivity index (χ1) is 18.2. The fourth-order valence-electron chi connectivity index (χ4n) is 3.49. The number of halogens is 1. The number of amides is 1. The summed E-state index contributed by atoms with van der Waals surface area (Å²) in [4.78, 5) is 17.0. The molecule has 0 unspecified atom stereocenters. The van der Waals surface area contributed by atoms with Crippen LogP contribution in [0.25, 0.3) is 6.08 Å². The molecule has 192 valence electrons. The number of amidine groups is 2. The number of hydrogen-bond donors (Lipinski definition) is 1. The van der Waals surface area contributed by atoms with Crippen LogP contribution in [0.1, 0.15) is 16.7 Å². The molecule has 2 heterocycles. The Hall–Kier alpha value is -3.38. The highest BCUT2D eigenvalue weighted by Crippen LogP contribution is 2.35. The third kappa shape index (κ3) is 5.70. The lowest BCUT2D eigenvalue weighted by Gasteiger charge is -2.20. The second-order valence-corrected chi connectivity index (χ2v) is 12.4. The van der Waals surface area contributed by atoms with Gasteiger partial charge in [0.1, 0.15) is 10.6 Å². The average molecular weight is 583 g/mol. The quantitative estimate of drug-likeness (QED) is 0.283.